The zero-order valence-electron chi connectivity index (χ0n) is 25.3. The molecule has 0 radical (unpaired) electrons. The highest BCUT2D eigenvalue weighted by molar-refractivity contribution is 5.92. The van der Waals surface area contributed by atoms with Gasteiger partial charge in [0.2, 0.25) is 23.4 Å². The average Bonchev–Trinajstić information content (AvgIpc) is 2.88. The van der Waals surface area contributed by atoms with Crippen molar-refractivity contribution in [1.29, 1.82) is 0 Å². The molecule has 2 saturated heterocycles. The largest absolute Gasteiger partial charge is 0.463 e. The van der Waals surface area contributed by atoms with Crippen LogP contribution in [-0.2, 0) is 28.7 Å². The van der Waals surface area contributed by atoms with Gasteiger partial charge in [-0.3, -0.25) is 14.4 Å². The molecule has 11 heteroatoms. The van der Waals surface area contributed by atoms with Crippen molar-refractivity contribution < 1.29 is 33.4 Å². The SMILES string of the molecule is CCCCCOC(=O)[C@@](C)(NC(C)=O)NC(=O)[C@@H]1CCCN(C(=O)CCC2CCN(C(=O)OC(C)(C)C)CC2)C1. The number of piperidine rings is 2. The Bertz CT molecular complexity index is 895. The molecule has 0 aromatic heterocycles. The fourth-order valence-electron chi connectivity index (χ4n) is 5.13. The van der Waals surface area contributed by atoms with Crippen LogP contribution in [0.3, 0.4) is 0 Å². The summed E-state index contributed by atoms with van der Waals surface area (Å²) in [4.78, 5) is 66.5. The van der Waals surface area contributed by atoms with E-state index in [-0.39, 0.29) is 25.2 Å². The molecule has 0 bridgehead atoms. The molecule has 2 heterocycles. The Labute approximate surface area is 239 Å². The maximum Gasteiger partial charge on any atom is 0.410 e. The second-order valence-electron chi connectivity index (χ2n) is 12.3. The molecule has 0 unspecified atom stereocenters. The standard InChI is InChI=1S/C29H50N4O7/c1-7-8-9-19-39-26(37)29(6,30-21(2)34)31-25(36)23-11-10-16-33(20-23)24(35)13-12-22-14-17-32(18-15-22)27(38)40-28(3,4)5/h22-23H,7-20H2,1-6H3,(H,30,34)(H,31,36)/t23-,29+/m1/s1. The fourth-order valence-corrected chi connectivity index (χ4v) is 5.13. The number of ether oxygens (including phenoxy) is 2. The van der Waals surface area contributed by atoms with Crippen molar-refractivity contribution >= 4 is 29.8 Å². The number of nitrogens with one attached hydrogen (secondary N) is 2. The number of likely N-dealkylation sites (tertiary alicyclic amines) is 2. The van der Waals surface area contributed by atoms with E-state index < -0.39 is 35.0 Å². The number of rotatable bonds is 11. The van der Waals surface area contributed by atoms with Crippen LogP contribution in [0.25, 0.3) is 0 Å². The van der Waals surface area contributed by atoms with E-state index in [1.165, 1.54) is 13.8 Å². The number of amides is 4. The van der Waals surface area contributed by atoms with Crippen LogP contribution < -0.4 is 10.6 Å². The minimum atomic E-state index is -1.68. The van der Waals surface area contributed by atoms with Crippen molar-refractivity contribution in [2.24, 2.45) is 11.8 Å². The van der Waals surface area contributed by atoms with Gasteiger partial charge in [0, 0.05) is 39.5 Å². The molecule has 0 saturated carbocycles. The van der Waals surface area contributed by atoms with Gasteiger partial charge in [0.1, 0.15) is 5.60 Å². The predicted molar refractivity (Wildman–Crippen MR) is 150 cm³/mol. The summed E-state index contributed by atoms with van der Waals surface area (Å²) in [7, 11) is 0. The van der Waals surface area contributed by atoms with Gasteiger partial charge in [0.05, 0.1) is 12.5 Å². The van der Waals surface area contributed by atoms with Gasteiger partial charge in [-0.05, 0) is 72.1 Å². The molecular weight excluding hydrogens is 516 g/mol. The Morgan fingerprint density at radius 2 is 1.57 bits per heavy atom. The summed E-state index contributed by atoms with van der Waals surface area (Å²) in [5, 5.41) is 5.20. The third-order valence-corrected chi connectivity index (χ3v) is 7.37. The Hall–Kier alpha value is -2.85. The van der Waals surface area contributed by atoms with Gasteiger partial charge in [-0.15, -0.1) is 0 Å². The van der Waals surface area contributed by atoms with E-state index in [1.807, 2.05) is 27.7 Å². The van der Waals surface area contributed by atoms with Gasteiger partial charge in [0.15, 0.2) is 0 Å². The first-order valence-electron chi connectivity index (χ1n) is 14.8. The Morgan fingerprint density at radius 3 is 2.17 bits per heavy atom. The minimum absolute atomic E-state index is 0.00651. The van der Waals surface area contributed by atoms with Gasteiger partial charge in [-0.2, -0.15) is 0 Å². The molecule has 2 rings (SSSR count). The van der Waals surface area contributed by atoms with Crippen molar-refractivity contribution in [3.63, 3.8) is 0 Å². The first kappa shape index (κ1) is 33.4. The molecule has 2 fully saturated rings. The maximum absolute atomic E-state index is 13.2. The number of hydrogen-bond acceptors (Lipinski definition) is 7. The summed E-state index contributed by atoms with van der Waals surface area (Å²) < 4.78 is 10.8. The van der Waals surface area contributed by atoms with Crippen molar-refractivity contribution in [2.75, 3.05) is 32.8 Å². The van der Waals surface area contributed by atoms with Crippen LogP contribution in [-0.4, -0.2) is 83.6 Å². The van der Waals surface area contributed by atoms with Crippen LogP contribution in [0.1, 0.15) is 99.3 Å². The van der Waals surface area contributed by atoms with E-state index in [9.17, 15) is 24.0 Å². The monoisotopic (exact) mass is 566 g/mol. The molecule has 228 valence electrons. The Morgan fingerprint density at radius 1 is 0.900 bits per heavy atom. The second kappa shape index (κ2) is 15.2. The Kier molecular flexibility index (Phi) is 12.7. The van der Waals surface area contributed by atoms with Crippen LogP contribution in [0.15, 0.2) is 0 Å². The van der Waals surface area contributed by atoms with E-state index in [2.05, 4.69) is 10.6 Å². The second-order valence-corrected chi connectivity index (χ2v) is 12.3. The smallest absolute Gasteiger partial charge is 0.410 e. The third-order valence-electron chi connectivity index (χ3n) is 7.37. The minimum Gasteiger partial charge on any atom is -0.463 e. The van der Waals surface area contributed by atoms with Crippen LogP contribution in [0.4, 0.5) is 4.79 Å². The highest BCUT2D eigenvalue weighted by atomic mass is 16.6. The number of esters is 1. The molecule has 2 atom stereocenters. The first-order valence-corrected chi connectivity index (χ1v) is 14.8. The quantitative estimate of drug-likeness (QED) is 0.222. The molecule has 0 spiro atoms. The highest BCUT2D eigenvalue weighted by Crippen LogP contribution is 2.25. The number of carbonyl (C=O) groups is 5. The van der Waals surface area contributed by atoms with Crippen LogP contribution in [0.2, 0.25) is 0 Å². The molecule has 0 aliphatic carbocycles. The van der Waals surface area contributed by atoms with Crippen molar-refractivity contribution in [1.82, 2.24) is 20.4 Å². The first-order chi connectivity index (χ1) is 18.7. The van der Waals surface area contributed by atoms with Crippen molar-refractivity contribution in [3.8, 4) is 0 Å². The van der Waals surface area contributed by atoms with Gasteiger partial charge in [-0.25, -0.2) is 9.59 Å². The van der Waals surface area contributed by atoms with Crippen LogP contribution in [0.5, 0.6) is 0 Å². The molecular formula is C29H50N4O7. The molecule has 2 aliphatic rings. The zero-order valence-corrected chi connectivity index (χ0v) is 25.3. The molecule has 0 aromatic carbocycles. The number of carbonyl (C=O) groups excluding carboxylic acids is 5. The lowest BCUT2D eigenvalue weighted by Crippen LogP contribution is -2.65. The molecule has 4 amide bonds. The molecule has 40 heavy (non-hydrogen) atoms. The van der Waals surface area contributed by atoms with Crippen molar-refractivity contribution in [3.05, 3.63) is 0 Å². The van der Waals surface area contributed by atoms with Crippen LogP contribution >= 0.6 is 0 Å². The summed E-state index contributed by atoms with van der Waals surface area (Å²) in [5.74, 6) is -1.70. The number of nitrogens with zero attached hydrogens (tertiary/aromatic N) is 2. The fraction of sp³-hybridized carbons (Fsp3) is 0.828. The highest BCUT2D eigenvalue weighted by Gasteiger charge is 2.40. The molecule has 2 N–H and O–H groups in total. The lowest BCUT2D eigenvalue weighted by atomic mass is 9.91. The van der Waals surface area contributed by atoms with Gasteiger partial charge < -0.3 is 29.9 Å². The topological polar surface area (TPSA) is 134 Å². The van der Waals surface area contributed by atoms with E-state index >= 15 is 0 Å². The summed E-state index contributed by atoms with van der Waals surface area (Å²) in [5.41, 5.74) is -2.21. The number of unbranched alkanes of at least 4 members (excludes halogenated alkanes) is 2. The Balaban J connectivity index is 1.85. The molecule has 2 aliphatic heterocycles. The third kappa shape index (κ3) is 11.0. The summed E-state index contributed by atoms with van der Waals surface area (Å²) in [6.45, 7) is 12.6. The van der Waals surface area contributed by atoms with Gasteiger partial charge >= 0.3 is 12.1 Å². The lowest BCUT2D eigenvalue weighted by Gasteiger charge is -2.36. The summed E-state index contributed by atoms with van der Waals surface area (Å²) in [6, 6.07) is 0. The normalized spacial score (nSPS) is 19.8. The maximum atomic E-state index is 13.2. The lowest BCUT2D eigenvalue weighted by molar-refractivity contribution is -0.157. The summed E-state index contributed by atoms with van der Waals surface area (Å²) >= 11 is 0. The van der Waals surface area contributed by atoms with E-state index in [0.29, 0.717) is 51.2 Å². The predicted octanol–water partition coefficient (Wildman–Crippen LogP) is 3.35. The molecule has 0 aromatic rings. The number of hydrogen-bond donors (Lipinski definition) is 2. The van der Waals surface area contributed by atoms with Crippen molar-refractivity contribution in [2.45, 2.75) is 111 Å². The average molecular weight is 567 g/mol. The van der Waals surface area contributed by atoms with Crippen LogP contribution in [0, 0.1) is 11.8 Å². The van der Waals surface area contributed by atoms with Gasteiger partial charge in [0.25, 0.3) is 0 Å². The molecule has 11 nitrogen and oxygen atoms in total. The van der Waals surface area contributed by atoms with E-state index in [0.717, 1.165) is 32.1 Å². The van der Waals surface area contributed by atoms with Gasteiger partial charge in [-0.1, -0.05) is 19.8 Å². The van der Waals surface area contributed by atoms with E-state index in [1.54, 1.807) is 9.80 Å². The van der Waals surface area contributed by atoms with E-state index in [4.69, 9.17) is 9.47 Å². The summed E-state index contributed by atoms with van der Waals surface area (Å²) in [6.07, 6.45) is 6.33. The zero-order chi connectivity index (χ0) is 29.9.